The van der Waals surface area contributed by atoms with Gasteiger partial charge in [0.05, 0.1) is 5.02 Å². The van der Waals surface area contributed by atoms with E-state index in [1.165, 1.54) is 0 Å². The lowest BCUT2D eigenvalue weighted by Gasteiger charge is -2.10. The van der Waals surface area contributed by atoms with Crippen LogP contribution in [0.15, 0.2) is 30.5 Å². The molecule has 2 N–H and O–H groups in total. The molecule has 2 aromatic rings. The molecule has 1 heterocycles. The van der Waals surface area contributed by atoms with E-state index >= 15 is 0 Å². The molecule has 4 heteroatoms. The van der Waals surface area contributed by atoms with Crippen molar-refractivity contribution in [2.24, 2.45) is 5.73 Å². The van der Waals surface area contributed by atoms with Crippen LogP contribution in [0.4, 0.5) is 0 Å². The van der Waals surface area contributed by atoms with Gasteiger partial charge in [0.2, 0.25) is 0 Å². The van der Waals surface area contributed by atoms with Crippen LogP contribution in [0, 0.1) is 6.92 Å². The molecule has 0 spiro atoms. The first kappa shape index (κ1) is 12.0. The van der Waals surface area contributed by atoms with Crippen LogP contribution in [0.2, 0.25) is 5.02 Å². The average Bonchev–Trinajstić information content (AvgIpc) is 2.29. The van der Waals surface area contributed by atoms with E-state index in [0.29, 0.717) is 10.8 Å². The van der Waals surface area contributed by atoms with Gasteiger partial charge in [0.1, 0.15) is 0 Å². The van der Waals surface area contributed by atoms with E-state index in [0.717, 1.165) is 16.8 Å². The van der Waals surface area contributed by atoms with Crippen LogP contribution in [0.5, 0.6) is 0 Å². The second kappa shape index (κ2) is 4.82. The number of aromatic nitrogens is 2. The highest BCUT2D eigenvalue weighted by Crippen LogP contribution is 2.25. The Labute approximate surface area is 106 Å². The third kappa shape index (κ3) is 2.46. The Hall–Kier alpha value is -1.45. The zero-order valence-electron chi connectivity index (χ0n) is 9.81. The lowest BCUT2D eigenvalue weighted by Crippen LogP contribution is -2.09. The highest BCUT2D eigenvalue weighted by atomic mass is 35.5. The normalized spacial score (nSPS) is 12.5. The summed E-state index contributed by atoms with van der Waals surface area (Å²) in [4.78, 5) is 8.77. The van der Waals surface area contributed by atoms with Gasteiger partial charge in [0.15, 0.2) is 5.82 Å². The first-order valence-corrected chi connectivity index (χ1v) is 5.81. The molecule has 0 aliphatic rings. The molecule has 17 heavy (non-hydrogen) atoms. The number of nitrogens with two attached hydrogens (primary N) is 1. The molecule has 1 atom stereocenters. The molecule has 0 radical (unpaired) electrons. The lowest BCUT2D eigenvalue weighted by atomic mass is 10.1. The summed E-state index contributed by atoms with van der Waals surface area (Å²) in [6.45, 7) is 3.85. The Morgan fingerprint density at radius 2 is 2.00 bits per heavy atom. The second-order valence-electron chi connectivity index (χ2n) is 4.00. The SMILES string of the molecule is Cc1nc(-c2ccccc2Cl)ncc1[C@@H](C)N. The molecule has 1 aromatic heterocycles. The summed E-state index contributed by atoms with van der Waals surface area (Å²) in [5.41, 5.74) is 8.52. The van der Waals surface area contributed by atoms with Crippen molar-refractivity contribution in [3.05, 3.63) is 46.7 Å². The van der Waals surface area contributed by atoms with Gasteiger partial charge in [-0.3, -0.25) is 0 Å². The van der Waals surface area contributed by atoms with E-state index < -0.39 is 0 Å². The summed E-state index contributed by atoms with van der Waals surface area (Å²) >= 11 is 6.11. The van der Waals surface area contributed by atoms with E-state index in [4.69, 9.17) is 17.3 Å². The van der Waals surface area contributed by atoms with E-state index in [1.54, 1.807) is 6.20 Å². The van der Waals surface area contributed by atoms with Crippen molar-refractivity contribution in [3.8, 4) is 11.4 Å². The minimum Gasteiger partial charge on any atom is -0.324 e. The first-order chi connectivity index (χ1) is 8.09. The fourth-order valence-corrected chi connectivity index (χ4v) is 1.92. The van der Waals surface area contributed by atoms with Gasteiger partial charge in [0.25, 0.3) is 0 Å². The van der Waals surface area contributed by atoms with Crippen LogP contribution >= 0.6 is 11.6 Å². The lowest BCUT2D eigenvalue weighted by molar-refractivity contribution is 0.790. The first-order valence-electron chi connectivity index (χ1n) is 5.43. The van der Waals surface area contributed by atoms with Crippen molar-refractivity contribution in [2.75, 3.05) is 0 Å². The van der Waals surface area contributed by atoms with Crippen LogP contribution in [-0.2, 0) is 0 Å². The number of aryl methyl sites for hydroxylation is 1. The van der Waals surface area contributed by atoms with Crippen molar-refractivity contribution < 1.29 is 0 Å². The largest absolute Gasteiger partial charge is 0.324 e. The number of halogens is 1. The molecular weight excluding hydrogens is 234 g/mol. The predicted octanol–water partition coefficient (Wildman–Crippen LogP) is 3.13. The molecule has 0 fully saturated rings. The summed E-state index contributed by atoms with van der Waals surface area (Å²) in [6, 6.07) is 7.47. The van der Waals surface area contributed by atoms with Crippen LogP contribution < -0.4 is 5.73 Å². The molecule has 0 saturated heterocycles. The molecule has 0 aliphatic carbocycles. The Morgan fingerprint density at radius 1 is 1.29 bits per heavy atom. The maximum atomic E-state index is 6.11. The van der Waals surface area contributed by atoms with Crippen LogP contribution in [0.25, 0.3) is 11.4 Å². The van der Waals surface area contributed by atoms with Gasteiger partial charge in [-0.15, -0.1) is 0 Å². The fraction of sp³-hybridized carbons (Fsp3) is 0.231. The maximum Gasteiger partial charge on any atom is 0.160 e. The summed E-state index contributed by atoms with van der Waals surface area (Å²) in [7, 11) is 0. The Balaban J connectivity index is 2.49. The molecule has 1 aromatic carbocycles. The molecule has 0 amide bonds. The number of hydrogen-bond donors (Lipinski definition) is 1. The number of benzene rings is 1. The van der Waals surface area contributed by atoms with Gasteiger partial charge in [-0.05, 0) is 26.0 Å². The third-order valence-electron chi connectivity index (χ3n) is 2.62. The second-order valence-corrected chi connectivity index (χ2v) is 4.41. The van der Waals surface area contributed by atoms with E-state index in [2.05, 4.69) is 9.97 Å². The third-order valence-corrected chi connectivity index (χ3v) is 2.95. The number of nitrogens with zero attached hydrogens (tertiary/aromatic N) is 2. The minimum absolute atomic E-state index is 0.0599. The van der Waals surface area contributed by atoms with Gasteiger partial charge in [-0.1, -0.05) is 23.7 Å². The van der Waals surface area contributed by atoms with Crippen molar-refractivity contribution in [2.45, 2.75) is 19.9 Å². The van der Waals surface area contributed by atoms with Crippen molar-refractivity contribution in [1.29, 1.82) is 0 Å². The van der Waals surface area contributed by atoms with E-state index in [1.807, 2.05) is 38.1 Å². The summed E-state index contributed by atoms with van der Waals surface area (Å²) in [5.74, 6) is 0.637. The summed E-state index contributed by atoms with van der Waals surface area (Å²) < 4.78 is 0. The molecule has 0 unspecified atom stereocenters. The quantitative estimate of drug-likeness (QED) is 0.887. The maximum absolute atomic E-state index is 6.11. The summed E-state index contributed by atoms with van der Waals surface area (Å²) in [6.07, 6.45) is 1.77. The van der Waals surface area contributed by atoms with Gasteiger partial charge in [0, 0.05) is 29.1 Å². The molecule has 0 bridgehead atoms. The predicted molar refractivity (Wildman–Crippen MR) is 69.8 cm³/mol. The van der Waals surface area contributed by atoms with E-state index in [9.17, 15) is 0 Å². The van der Waals surface area contributed by atoms with Crippen molar-refractivity contribution in [1.82, 2.24) is 9.97 Å². The zero-order chi connectivity index (χ0) is 12.4. The van der Waals surface area contributed by atoms with Crippen LogP contribution in [-0.4, -0.2) is 9.97 Å². The molecular formula is C13H14ClN3. The van der Waals surface area contributed by atoms with Crippen molar-refractivity contribution >= 4 is 11.6 Å². The average molecular weight is 248 g/mol. The zero-order valence-corrected chi connectivity index (χ0v) is 10.6. The Kier molecular flexibility index (Phi) is 3.41. The van der Waals surface area contributed by atoms with Gasteiger partial charge < -0.3 is 5.73 Å². The number of hydrogen-bond acceptors (Lipinski definition) is 3. The van der Waals surface area contributed by atoms with Crippen LogP contribution in [0.1, 0.15) is 24.2 Å². The Bertz CT molecular complexity index is 538. The summed E-state index contributed by atoms with van der Waals surface area (Å²) in [5, 5.41) is 0.653. The van der Waals surface area contributed by atoms with Gasteiger partial charge >= 0.3 is 0 Å². The molecule has 2 rings (SSSR count). The number of rotatable bonds is 2. The van der Waals surface area contributed by atoms with Crippen LogP contribution in [0.3, 0.4) is 0 Å². The molecule has 3 nitrogen and oxygen atoms in total. The highest BCUT2D eigenvalue weighted by molar-refractivity contribution is 6.33. The fourth-order valence-electron chi connectivity index (χ4n) is 1.70. The van der Waals surface area contributed by atoms with Gasteiger partial charge in [-0.25, -0.2) is 9.97 Å². The molecule has 0 saturated carbocycles. The molecule has 0 aliphatic heterocycles. The Morgan fingerprint density at radius 3 is 2.59 bits per heavy atom. The van der Waals surface area contributed by atoms with Gasteiger partial charge in [-0.2, -0.15) is 0 Å². The highest BCUT2D eigenvalue weighted by Gasteiger charge is 2.10. The monoisotopic (exact) mass is 247 g/mol. The molecule has 88 valence electrons. The topological polar surface area (TPSA) is 51.8 Å². The smallest absolute Gasteiger partial charge is 0.160 e. The minimum atomic E-state index is -0.0599. The van der Waals surface area contributed by atoms with Crippen molar-refractivity contribution in [3.63, 3.8) is 0 Å². The van der Waals surface area contributed by atoms with E-state index in [-0.39, 0.29) is 6.04 Å². The standard InChI is InChI=1S/C13H14ClN3/c1-8(15)11-7-16-13(17-9(11)2)10-5-3-4-6-12(10)14/h3-8H,15H2,1-2H3/t8-/m1/s1.